The Morgan fingerprint density at radius 2 is 1.82 bits per heavy atom. The van der Waals surface area contributed by atoms with Crippen molar-refractivity contribution in [2.75, 3.05) is 43.4 Å². The Morgan fingerprint density at radius 1 is 1.14 bits per heavy atom. The quantitative estimate of drug-likeness (QED) is 0.923. The summed E-state index contributed by atoms with van der Waals surface area (Å²) >= 11 is 0. The van der Waals surface area contributed by atoms with Crippen molar-refractivity contribution < 1.29 is 9.42 Å². The summed E-state index contributed by atoms with van der Waals surface area (Å²) < 4.78 is 4.54. The molecular weight excluding hydrogens is 282 g/mol. The van der Waals surface area contributed by atoms with Gasteiger partial charge in [0.15, 0.2) is 5.69 Å². The van der Waals surface area contributed by atoms with Gasteiger partial charge in [0.05, 0.1) is 0 Å². The van der Waals surface area contributed by atoms with E-state index in [-0.39, 0.29) is 11.6 Å². The van der Waals surface area contributed by atoms with Gasteiger partial charge in [-0.05, 0) is 43.4 Å². The van der Waals surface area contributed by atoms with Crippen LogP contribution in [0.15, 0.2) is 28.9 Å². The van der Waals surface area contributed by atoms with Gasteiger partial charge in [0.2, 0.25) is 0 Å². The second-order valence-corrected chi connectivity index (χ2v) is 5.49. The van der Waals surface area contributed by atoms with Crippen LogP contribution in [0.25, 0.3) is 0 Å². The van der Waals surface area contributed by atoms with Crippen molar-refractivity contribution in [1.29, 1.82) is 0 Å². The minimum Gasteiger partial charge on any atom is -0.369 e. The number of nitrogens with zero attached hydrogens (tertiary/aromatic N) is 4. The molecule has 1 aliphatic heterocycles. The lowest BCUT2D eigenvalue weighted by atomic mass is 10.2. The number of aromatic nitrogens is 2. The number of carbonyl (C=O) groups is 1. The fraction of sp³-hybridized carbons (Fsp3) is 0.400. The third-order valence-corrected chi connectivity index (χ3v) is 3.86. The first-order valence-corrected chi connectivity index (χ1v) is 7.27. The second-order valence-electron chi connectivity index (χ2n) is 5.49. The van der Waals surface area contributed by atoms with Gasteiger partial charge in [-0.25, -0.2) is 4.63 Å². The molecular formula is C15H19N5O2. The average Bonchev–Trinajstić information content (AvgIpc) is 2.95. The average molecular weight is 301 g/mol. The van der Waals surface area contributed by atoms with E-state index in [2.05, 4.69) is 37.1 Å². The highest BCUT2D eigenvalue weighted by molar-refractivity contribution is 6.03. The predicted molar refractivity (Wildman–Crippen MR) is 83.1 cm³/mol. The molecule has 3 rings (SSSR count). The van der Waals surface area contributed by atoms with Crippen LogP contribution in [-0.4, -0.2) is 54.3 Å². The molecule has 0 spiro atoms. The number of hydrogen-bond donors (Lipinski definition) is 1. The van der Waals surface area contributed by atoms with Gasteiger partial charge in [-0.15, -0.1) is 0 Å². The van der Waals surface area contributed by atoms with E-state index in [1.54, 1.807) is 6.92 Å². The van der Waals surface area contributed by atoms with Crippen LogP contribution in [0.3, 0.4) is 0 Å². The normalized spacial score (nSPS) is 15.8. The smallest absolute Gasteiger partial charge is 0.279 e. The molecule has 1 aliphatic rings. The molecule has 1 fully saturated rings. The molecule has 1 aromatic heterocycles. The van der Waals surface area contributed by atoms with Crippen molar-refractivity contribution in [3.63, 3.8) is 0 Å². The highest BCUT2D eigenvalue weighted by Crippen LogP contribution is 2.19. The van der Waals surface area contributed by atoms with E-state index in [0.29, 0.717) is 5.69 Å². The van der Waals surface area contributed by atoms with Crippen LogP contribution in [0.5, 0.6) is 0 Å². The maximum Gasteiger partial charge on any atom is 0.279 e. The largest absolute Gasteiger partial charge is 0.369 e. The van der Waals surface area contributed by atoms with E-state index in [4.69, 9.17) is 0 Å². The maximum atomic E-state index is 12.0. The van der Waals surface area contributed by atoms with Crippen molar-refractivity contribution in [2.24, 2.45) is 0 Å². The number of nitrogens with one attached hydrogen (secondary N) is 1. The molecule has 0 bridgehead atoms. The number of carbonyl (C=O) groups excluding carboxylic acids is 1. The van der Waals surface area contributed by atoms with Gasteiger partial charge < -0.3 is 15.1 Å². The minimum absolute atomic E-state index is 0.211. The lowest BCUT2D eigenvalue weighted by Gasteiger charge is -2.34. The minimum atomic E-state index is -0.314. The molecule has 2 heterocycles. The molecule has 1 saturated heterocycles. The van der Waals surface area contributed by atoms with E-state index >= 15 is 0 Å². The van der Waals surface area contributed by atoms with Crippen LogP contribution in [0.2, 0.25) is 0 Å². The Labute approximate surface area is 128 Å². The highest BCUT2D eigenvalue weighted by atomic mass is 16.6. The number of likely N-dealkylation sites (N-methyl/N-ethyl adjacent to an activating group) is 1. The number of piperazine rings is 1. The Balaban J connectivity index is 1.64. The summed E-state index contributed by atoms with van der Waals surface area (Å²) in [5.41, 5.74) is 2.59. The van der Waals surface area contributed by atoms with Gasteiger partial charge in [0.25, 0.3) is 5.91 Å². The van der Waals surface area contributed by atoms with Crippen LogP contribution in [0.4, 0.5) is 11.4 Å². The first kappa shape index (κ1) is 14.5. The molecule has 1 N–H and O–H groups in total. The monoisotopic (exact) mass is 301 g/mol. The fourth-order valence-electron chi connectivity index (χ4n) is 2.45. The van der Waals surface area contributed by atoms with Crippen LogP contribution in [0, 0.1) is 6.92 Å². The summed E-state index contributed by atoms with van der Waals surface area (Å²) in [6.07, 6.45) is 0. The van der Waals surface area contributed by atoms with Crippen molar-refractivity contribution in [3.8, 4) is 0 Å². The fourth-order valence-corrected chi connectivity index (χ4v) is 2.45. The van der Waals surface area contributed by atoms with Gasteiger partial charge in [-0.3, -0.25) is 4.79 Å². The lowest BCUT2D eigenvalue weighted by Crippen LogP contribution is -2.44. The van der Waals surface area contributed by atoms with Gasteiger partial charge in [0.1, 0.15) is 5.69 Å². The van der Waals surface area contributed by atoms with Crippen LogP contribution in [-0.2, 0) is 0 Å². The Bertz CT molecular complexity index is 644. The number of amides is 1. The Morgan fingerprint density at radius 3 is 2.41 bits per heavy atom. The predicted octanol–water partition coefficient (Wildman–Crippen LogP) is 1.38. The van der Waals surface area contributed by atoms with Crippen LogP contribution in [0.1, 0.15) is 16.2 Å². The molecule has 7 heteroatoms. The summed E-state index contributed by atoms with van der Waals surface area (Å²) in [5, 5.41) is 10.00. The van der Waals surface area contributed by atoms with E-state index in [9.17, 15) is 4.79 Å². The molecule has 22 heavy (non-hydrogen) atoms. The number of anilines is 2. The molecule has 1 aromatic carbocycles. The number of aryl methyl sites for hydroxylation is 1. The summed E-state index contributed by atoms with van der Waals surface area (Å²) in [6, 6.07) is 7.84. The highest BCUT2D eigenvalue weighted by Gasteiger charge is 2.16. The molecule has 2 aromatic rings. The zero-order valence-electron chi connectivity index (χ0n) is 12.7. The molecule has 0 saturated carbocycles. The van der Waals surface area contributed by atoms with Crippen molar-refractivity contribution in [1.82, 2.24) is 15.2 Å². The molecule has 0 atom stereocenters. The Hall–Kier alpha value is -2.41. The van der Waals surface area contributed by atoms with Crippen molar-refractivity contribution in [2.45, 2.75) is 6.92 Å². The first-order valence-electron chi connectivity index (χ1n) is 7.27. The van der Waals surface area contributed by atoms with E-state index in [0.717, 1.165) is 31.9 Å². The van der Waals surface area contributed by atoms with E-state index < -0.39 is 0 Å². The van der Waals surface area contributed by atoms with E-state index in [1.165, 1.54) is 5.69 Å². The number of hydrogen-bond acceptors (Lipinski definition) is 6. The second kappa shape index (κ2) is 6.15. The SMILES string of the molecule is Cc1nonc1C(=O)Nc1ccc(N2CCN(C)CC2)cc1. The standard InChI is InChI=1S/C15H19N5O2/c1-11-14(18-22-17-11)15(21)16-12-3-5-13(6-4-12)20-9-7-19(2)8-10-20/h3-6H,7-10H2,1-2H3,(H,16,21). The molecule has 7 nitrogen and oxygen atoms in total. The zero-order chi connectivity index (χ0) is 15.5. The Kier molecular flexibility index (Phi) is 4.06. The summed E-state index contributed by atoms with van der Waals surface area (Å²) in [7, 11) is 2.14. The lowest BCUT2D eigenvalue weighted by molar-refractivity contribution is 0.101. The maximum absolute atomic E-state index is 12.0. The van der Waals surface area contributed by atoms with Crippen molar-refractivity contribution >= 4 is 17.3 Å². The van der Waals surface area contributed by atoms with Gasteiger partial charge in [-0.2, -0.15) is 0 Å². The summed E-state index contributed by atoms with van der Waals surface area (Å²) in [5.74, 6) is -0.314. The molecule has 0 unspecified atom stereocenters. The first-order chi connectivity index (χ1) is 10.6. The zero-order valence-corrected chi connectivity index (χ0v) is 12.7. The molecule has 0 radical (unpaired) electrons. The van der Waals surface area contributed by atoms with Gasteiger partial charge in [-0.1, -0.05) is 5.16 Å². The summed E-state index contributed by atoms with van der Waals surface area (Å²) in [4.78, 5) is 16.7. The van der Waals surface area contributed by atoms with Gasteiger partial charge in [0, 0.05) is 37.6 Å². The van der Waals surface area contributed by atoms with Crippen LogP contribution < -0.4 is 10.2 Å². The molecule has 0 aliphatic carbocycles. The van der Waals surface area contributed by atoms with E-state index in [1.807, 2.05) is 24.3 Å². The third-order valence-electron chi connectivity index (χ3n) is 3.86. The number of rotatable bonds is 3. The topological polar surface area (TPSA) is 74.5 Å². The van der Waals surface area contributed by atoms with Crippen molar-refractivity contribution in [3.05, 3.63) is 35.7 Å². The third kappa shape index (κ3) is 3.09. The van der Waals surface area contributed by atoms with Gasteiger partial charge >= 0.3 is 0 Å². The summed E-state index contributed by atoms with van der Waals surface area (Å²) in [6.45, 7) is 5.85. The molecule has 1 amide bonds. The molecule has 116 valence electrons. The van der Waals surface area contributed by atoms with Crippen LogP contribution >= 0.6 is 0 Å². The number of benzene rings is 1.